The number of hydrogen-bond acceptors (Lipinski definition) is 3. The van der Waals surface area contributed by atoms with Crippen LogP contribution in [-0.4, -0.2) is 20.3 Å². The lowest BCUT2D eigenvalue weighted by atomic mass is 10.1. The Morgan fingerprint density at radius 1 is 1.00 bits per heavy atom. The van der Waals surface area contributed by atoms with E-state index in [2.05, 4.69) is 21.9 Å². The maximum Gasteiger partial charge on any atom is 0.281 e. The Balaban J connectivity index is 1.49. The number of aromatic nitrogens is 3. The Hall–Kier alpha value is -3.67. The zero-order valence-corrected chi connectivity index (χ0v) is 18.8. The van der Waals surface area contributed by atoms with Crippen LogP contribution in [0, 0.1) is 13.8 Å². The first-order valence-electron chi connectivity index (χ1n) is 11.0. The zero-order valence-electron chi connectivity index (χ0n) is 18.8. The summed E-state index contributed by atoms with van der Waals surface area (Å²) >= 11 is 0. The number of aryl methyl sites for hydroxylation is 3. The number of carbonyl (C=O) groups is 1. The summed E-state index contributed by atoms with van der Waals surface area (Å²) in [4.78, 5) is 25.5. The highest BCUT2D eigenvalue weighted by Crippen LogP contribution is 2.23. The summed E-state index contributed by atoms with van der Waals surface area (Å²) in [6.07, 6.45) is 3.83. The second-order valence-corrected chi connectivity index (χ2v) is 8.01. The van der Waals surface area contributed by atoms with Crippen molar-refractivity contribution >= 4 is 22.4 Å². The van der Waals surface area contributed by atoms with Crippen molar-refractivity contribution in [2.45, 2.75) is 46.6 Å². The third-order valence-electron chi connectivity index (χ3n) is 5.97. The van der Waals surface area contributed by atoms with Crippen LogP contribution in [0.2, 0.25) is 0 Å². The van der Waals surface area contributed by atoms with E-state index in [-0.39, 0.29) is 11.5 Å². The molecule has 0 aliphatic carbocycles. The van der Waals surface area contributed by atoms with E-state index in [0.717, 1.165) is 34.6 Å². The highest BCUT2D eigenvalue weighted by Gasteiger charge is 2.17. The Kier molecular flexibility index (Phi) is 6.21. The molecule has 4 aromatic rings. The number of fused-ring (bicyclic) bond motifs is 1. The number of benzene rings is 2. The molecule has 1 amide bonds. The zero-order chi connectivity index (χ0) is 22.7. The minimum absolute atomic E-state index is 0.00522. The van der Waals surface area contributed by atoms with Gasteiger partial charge < -0.3 is 9.88 Å². The third-order valence-corrected chi connectivity index (χ3v) is 5.97. The average molecular weight is 429 g/mol. The summed E-state index contributed by atoms with van der Waals surface area (Å²) in [6, 6.07) is 17.4. The van der Waals surface area contributed by atoms with Gasteiger partial charge in [-0.25, -0.2) is 0 Å². The van der Waals surface area contributed by atoms with Crippen LogP contribution in [-0.2, 0) is 17.8 Å². The lowest BCUT2D eigenvalue weighted by Gasteiger charge is -2.10. The van der Waals surface area contributed by atoms with Crippen LogP contribution in [0.1, 0.15) is 36.7 Å². The van der Waals surface area contributed by atoms with E-state index in [1.54, 1.807) is 6.20 Å². The van der Waals surface area contributed by atoms with Crippen LogP contribution in [0.5, 0.6) is 0 Å². The summed E-state index contributed by atoms with van der Waals surface area (Å²) in [5.41, 5.74) is 4.59. The SMILES string of the molecule is CCc1ccc(NC(=O)CCCn2c(C)c3cnn(-c4ccccc4)c(=O)c3c2C)cc1. The summed E-state index contributed by atoms with van der Waals surface area (Å²) in [6.45, 7) is 6.73. The molecule has 32 heavy (non-hydrogen) atoms. The van der Waals surface area contributed by atoms with Crippen molar-refractivity contribution in [3.8, 4) is 5.69 Å². The molecule has 0 bridgehead atoms. The Labute approximate surface area is 187 Å². The van der Waals surface area contributed by atoms with Crippen molar-refractivity contribution in [3.63, 3.8) is 0 Å². The molecule has 0 saturated carbocycles. The number of carbonyl (C=O) groups excluding carboxylic acids is 1. The topological polar surface area (TPSA) is 68.9 Å². The molecule has 0 fully saturated rings. The highest BCUT2D eigenvalue weighted by atomic mass is 16.1. The molecule has 2 heterocycles. The van der Waals surface area contributed by atoms with E-state index in [1.807, 2.05) is 68.4 Å². The Morgan fingerprint density at radius 3 is 2.41 bits per heavy atom. The monoisotopic (exact) mass is 428 g/mol. The molecule has 0 radical (unpaired) electrons. The molecule has 2 aromatic carbocycles. The Morgan fingerprint density at radius 2 is 1.72 bits per heavy atom. The quantitative estimate of drug-likeness (QED) is 0.460. The first-order valence-corrected chi connectivity index (χ1v) is 11.0. The standard InChI is InChI=1S/C26H28N4O2/c1-4-20-12-14-21(15-13-20)28-24(31)11-8-16-29-18(2)23-17-27-30(22-9-6-5-7-10-22)26(32)25(23)19(29)3/h5-7,9-10,12-15,17H,4,8,11,16H2,1-3H3,(H,28,31). The molecule has 6 nitrogen and oxygen atoms in total. The van der Waals surface area contributed by atoms with Crippen LogP contribution >= 0.6 is 0 Å². The van der Waals surface area contributed by atoms with E-state index < -0.39 is 0 Å². The average Bonchev–Trinajstić information content (AvgIpc) is 3.05. The van der Waals surface area contributed by atoms with Crippen molar-refractivity contribution in [1.29, 1.82) is 0 Å². The highest BCUT2D eigenvalue weighted by molar-refractivity contribution is 5.90. The van der Waals surface area contributed by atoms with Crippen LogP contribution in [0.3, 0.4) is 0 Å². The van der Waals surface area contributed by atoms with Crippen molar-refractivity contribution in [2.24, 2.45) is 0 Å². The second kappa shape index (κ2) is 9.22. The van der Waals surface area contributed by atoms with Gasteiger partial charge in [-0.1, -0.05) is 37.3 Å². The van der Waals surface area contributed by atoms with Gasteiger partial charge in [0.15, 0.2) is 0 Å². The number of amides is 1. The van der Waals surface area contributed by atoms with E-state index in [9.17, 15) is 9.59 Å². The van der Waals surface area contributed by atoms with Gasteiger partial charge in [0.05, 0.1) is 17.3 Å². The first-order chi connectivity index (χ1) is 15.5. The van der Waals surface area contributed by atoms with Crippen molar-refractivity contribution in [1.82, 2.24) is 14.3 Å². The lowest BCUT2D eigenvalue weighted by molar-refractivity contribution is -0.116. The smallest absolute Gasteiger partial charge is 0.281 e. The number of nitrogens with one attached hydrogen (secondary N) is 1. The molecule has 0 saturated heterocycles. The predicted molar refractivity (Wildman–Crippen MR) is 128 cm³/mol. The molecule has 0 spiro atoms. The minimum atomic E-state index is -0.124. The van der Waals surface area contributed by atoms with Gasteiger partial charge >= 0.3 is 0 Å². The van der Waals surface area contributed by atoms with Gasteiger partial charge in [-0.15, -0.1) is 0 Å². The van der Waals surface area contributed by atoms with Crippen LogP contribution in [0.25, 0.3) is 16.5 Å². The van der Waals surface area contributed by atoms with Gasteiger partial charge in [0, 0.05) is 35.4 Å². The summed E-state index contributed by atoms with van der Waals surface area (Å²) in [5, 5.41) is 8.89. The molecule has 0 atom stereocenters. The number of para-hydroxylation sites is 1. The number of hydrogen-bond donors (Lipinski definition) is 1. The Bertz CT molecular complexity index is 1300. The maximum absolute atomic E-state index is 13.2. The van der Waals surface area contributed by atoms with Gasteiger partial charge in [-0.3, -0.25) is 9.59 Å². The van der Waals surface area contributed by atoms with E-state index in [0.29, 0.717) is 24.8 Å². The molecule has 0 aliphatic heterocycles. The number of nitrogens with zero attached hydrogens (tertiary/aromatic N) is 3. The van der Waals surface area contributed by atoms with Gasteiger partial charge in [0.2, 0.25) is 5.91 Å². The van der Waals surface area contributed by atoms with Crippen molar-refractivity contribution < 1.29 is 4.79 Å². The summed E-state index contributed by atoms with van der Waals surface area (Å²) in [5.74, 6) is -0.00522. The number of anilines is 1. The van der Waals surface area contributed by atoms with Gasteiger partial charge in [-0.05, 0) is 56.5 Å². The van der Waals surface area contributed by atoms with Crippen LogP contribution in [0.15, 0.2) is 65.6 Å². The van der Waals surface area contributed by atoms with Crippen molar-refractivity contribution in [2.75, 3.05) is 5.32 Å². The van der Waals surface area contributed by atoms with E-state index >= 15 is 0 Å². The second-order valence-electron chi connectivity index (χ2n) is 8.01. The molecule has 0 aliphatic rings. The van der Waals surface area contributed by atoms with Gasteiger partial charge in [-0.2, -0.15) is 9.78 Å². The fourth-order valence-electron chi connectivity index (χ4n) is 4.14. The predicted octanol–water partition coefficient (Wildman–Crippen LogP) is 4.79. The van der Waals surface area contributed by atoms with Crippen molar-refractivity contribution in [3.05, 3.63) is 88.1 Å². The fraction of sp³-hybridized carbons (Fsp3) is 0.269. The van der Waals surface area contributed by atoms with Gasteiger partial charge in [0.25, 0.3) is 5.56 Å². The molecular weight excluding hydrogens is 400 g/mol. The van der Waals surface area contributed by atoms with E-state index in [1.165, 1.54) is 10.2 Å². The molecule has 164 valence electrons. The summed E-state index contributed by atoms with van der Waals surface area (Å²) < 4.78 is 3.56. The minimum Gasteiger partial charge on any atom is -0.348 e. The lowest BCUT2D eigenvalue weighted by Crippen LogP contribution is -2.21. The third kappa shape index (κ3) is 4.21. The molecule has 0 unspecified atom stereocenters. The maximum atomic E-state index is 13.2. The van der Waals surface area contributed by atoms with E-state index in [4.69, 9.17) is 0 Å². The molecule has 1 N–H and O–H groups in total. The first kappa shape index (κ1) is 21.6. The molecule has 2 aromatic heterocycles. The number of rotatable bonds is 7. The fourth-order valence-corrected chi connectivity index (χ4v) is 4.14. The normalized spacial score (nSPS) is 11.1. The molecule has 6 heteroatoms. The van der Waals surface area contributed by atoms with Gasteiger partial charge in [0.1, 0.15) is 0 Å². The molecular formula is C26H28N4O2. The summed E-state index contributed by atoms with van der Waals surface area (Å²) in [7, 11) is 0. The van der Waals surface area contributed by atoms with Crippen LogP contribution < -0.4 is 10.9 Å². The van der Waals surface area contributed by atoms with Crippen LogP contribution in [0.4, 0.5) is 5.69 Å². The molecule has 4 rings (SSSR count). The largest absolute Gasteiger partial charge is 0.348 e.